The van der Waals surface area contributed by atoms with E-state index >= 15 is 0 Å². The van der Waals surface area contributed by atoms with Crippen LogP contribution in [0.2, 0.25) is 0 Å². The molecule has 0 aliphatic carbocycles. The minimum Gasteiger partial charge on any atom is -0.492 e. The summed E-state index contributed by atoms with van der Waals surface area (Å²) in [6, 6.07) is 14.2. The van der Waals surface area contributed by atoms with Crippen LogP contribution in [-0.4, -0.2) is 41.5 Å². The molecule has 2 unspecified atom stereocenters. The molecule has 1 fully saturated rings. The van der Waals surface area contributed by atoms with E-state index in [1.807, 2.05) is 36.4 Å². The van der Waals surface area contributed by atoms with Gasteiger partial charge in [0, 0.05) is 12.2 Å². The number of ether oxygens (including phenoxy) is 1. The number of para-hydroxylation sites is 1. The van der Waals surface area contributed by atoms with Crippen LogP contribution in [0.4, 0.5) is 0 Å². The summed E-state index contributed by atoms with van der Waals surface area (Å²) in [5.74, 6) is 0.985. The van der Waals surface area contributed by atoms with Gasteiger partial charge >= 0.3 is 0 Å². The molecule has 1 saturated heterocycles. The van der Waals surface area contributed by atoms with E-state index in [0.717, 1.165) is 55.8 Å². The first-order valence-electron chi connectivity index (χ1n) is 9.93. The molecule has 2 atom stereocenters. The number of rotatable bonds is 4. The summed E-state index contributed by atoms with van der Waals surface area (Å²) in [7, 11) is 0. The summed E-state index contributed by atoms with van der Waals surface area (Å²) in [6.45, 7) is 3.02. The van der Waals surface area contributed by atoms with E-state index in [4.69, 9.17) is 4.74 Å². The van der Waals surface area contributed by atoms with Crippen LogP contribution in [0.25, 0.3) is 0 Å². The standard InChI is InChI=1S/C22H27N3O2.ClH/c26-22(18-14-17-6-1-2-9-21(17)27-16-18)25(15-19-7-3-4-12-24-19)20-8-5-11-23-13-10-20;/h1-4,6-7,9,12,18,20,23H,5,8,10-11,13-16H2;1H. The highest BCUT2D eigenvalue weighted by Crippen LogP contribution is 2.29. The quantitative estimate of drug-likeness (QED) is 0.854. The van der Waals surface area contributed by atoms with Gasteiger partial charge in [-0.2, -0.15) is 0 Å². The highest BCUT2D eigenvalue weighted by atomic mass is 35.5. The number of pyridine rings is 1. The number of hydrogen-bond donors (Lipinski definition) is 1. The maximum atomic E-state index is 13.5. The molecule has 28 heavy (non-hydrogen) atoms. The van der Waals surface area contributed by atoms with Gasteiger partial charge in [0.1, 0.15) is 12.4 Å². The van der Waals surface area contributed by atoms with E-state index < -0.39 is 0 Å². The minimum absolute atomic E-state index is 0. The minimum atomic E-state index is -0.125. The molecular formula is C22H28ClN3O2. The molecule has 4 rings (SSSR count). The first-order chi connectivity index (χ1) is 13.3. The van der Waals surface area contributed by atoms with E-state index in [1.165, 1.54) is 0 Å². The summed E-state index contributed by atoms with van der Waals surface area (Å²) in [5, 5.41) is 3.45. The van der Waals surface area contributed by atoms with Gasteiger partial charge < -0.3 is 15.0 Å². The molecule has 0 radical (unpaired) electrons. The van der Waals surface area contributed by atoms with Crippen molar-refractivity contribution in [2.45, 2.75) is 38.3 Å². The maximum absolute atomic E-state index is 13.5. The van der Waals surface area contributed by atoms with Crippen LogP contribution in [0.15, 0.2) is 48.7 Å². The number of nitrogens with zero attached hydrogens (tertiary/aromatic N) is 2. The Balaban J connectivity index is 0.00000225. The van der Waals surface area contributed by atoms with Crippen LogP contribution in [0.3, 0.4) is 0 Å². The van der Waals surface area contributed by atoms with Crippen molar-refractivity contribution in [1.29, 1.82) is 0 Å². The van der Waals surface area contributed by atoms with Gasteiger partial charge in [-0.15, -0.1) is 12.4 Å². The molecule has 2 aliphatic rings. The van der Waals surface area contributed by atoms with Crippen LogP contribution in [0.1, 0.15) is 30.5 Å². The van der Waals surface area contributed by atoms with Gasteiger partial charge in [0.2, 0.25) is 5.91 Å². The van der Waals surface area contributed by atoms with Gasteiger partial charge in [-0.3, -0.25) is 9.78 Å². The molecule has 0 spiro atoms. The van der Waals surface area contributed by atoms with Crippen molar-refractivity contribution in [3.05, 3.63) is 59.9 Å². The fourth-order valence-electron chi connectivity index (χ4n) is 4.09. The molecule has 0 saturated carbocycles. The van der Waals surface area contributed by atoms with Gasteiger partial charge in [0.05, 0.1) is 18.2 Å². The molecule has 1 aromatic heterocycles. The van der Waals surface area contributed by atoms with Crippen molar-refractivity contribution in [3.63, 3.8) is 0 Å². The average molecular weight is 402 g/mol. The predicted octanol–water partition coefficient (Wildman–Crippen LogP) is 3.23. The highest BCUT2D eigenvalue weighted by molar-refractivity contribution is 5.85. The summed E-state index contributed by atoms with van der Waals surface area (Å²) in [6.07, 6.45) is 5.67. The Morgan fingerprint density at radius 1 is 1.14 bits per heavy atom. The van der Waals surface area contributed by atoms with Gasteiger partial charge in [0.25, 0.3) is 0 Å². The molecule has 2 aromatic rings. The molecule has 1 amide bonds. The predicted molar refractivity (Wildman–Crippen MR) is 112 cm³/mol. The fraction of sp³-hybridized carbons (Fsp3) is 0.455. The Bertz CT molecular complexity index is 763. The third-order valence-electron chi connectivity index (χ3n) is 5.56. The van der Waals surface area contributed by atoms with Crippen LogP contribution in [0.5, 0.6) is 5.75 Å². The van der Waals surface area contributed by atoms with Crippen LogP contribution in [0, 0.1) is 5.92 Å². The highest BCUT2D eigenvalue weighted by Gasteiger charge is 2.33. The number of carbonyl (C=O) groups is 1. The number of carbonyl (C=O) groups excluding carboxylic acids is 1. The van der Waals surface area contributed by atoms with Crippen molar-refractivity contribution in [3.8, 4) is 5.75 Å². The number of amides is 1. The number of hydrogen-bond acceptors (Lipinski definition) is 4. The lowest BCUT2D eigenvalue weighted by atomic mass is 9.94. The summed E-state index contributed by atoms with van der Waals surface area (Å²) in [4.78, 5) is 20.0. The second-order valence-corrected chi connectivity index (χ2v) is 7.44. The Hall–Kier alpha value is -2.11. The molecule has 3 heterocycles. The third-order valence-corrected chi connectivity index (χ3v) is 5.56. The zero-order chi connectivity index (χ0) is 18.5. The van der Waals surface area contributed by atoms with Gasteiger partial charge in [0.15, 0.2) is 0 Å². The number of nitrogens with one attached hydrogen (secondary N) is 1. The Morgan fingerprint density at radius 2 is 2.00 bits per heavy atom. The molecular weight excluding hydrogens is 374 g/mol. The monoisotopic (exact) mass is 401 g/mol. The van der Waals surface area contributed by atoms with Crippen LogP contribution in [-0.2, 0) is 17.8 Å². The van der Waals surface area contributed by atoms with Crippen LogP contribution < -0.4 is 10.1 Å². The van der Waals surface area contributed by atoms with E-state index in [2.05, 4.69) is 21.3 Å². The van der Waals surface area contributed by atoms with Crippen molar-refractivity contribution >= 4 is 18.3 Å². The normalized spacial score (nSPS) is 21.4. The fourth-order valence-corrected chi connectivity index (χ4v) is 4.09. The second-order valence-electron chi connectivity index (χ2n) is 7.44. The summed E-state index contributed by atoms with van der Waals surface area (Å²) < 4.78 is 5.89. The number of benzene rings is 1. The molecule has 1 N–H and O–H groups in total. The maximum Gasteiger partial charge on any atom is 0.230 e. The second kappa shape index (κ2) is 9.89. The summed E-state index contributed by atoms with van der Waals surface area (Å²) >= 11 is 0. The zero-order valence-corrected chi connectivity index (χ0v) is 16.9. The lowest BCUT2D eigenvalue weighted by Gasteiger charge is -2.35. The van der Waals surface area contributed by atoms with Crippen molar-refractivity contribution in [2.24, 2.45) is 5.92 Å². The number of aromatic nitrogens is 1. The molecule has 1 aromatic carbocycles. The van der Waals surface area contributed by atoms with Crippen molar-refractivity contribution < 1.29 is 9.53 Å². The largest absolute Gasteiger partial charge is 0.492 e. The molecule has 150 valence electrons. The lowest BCUT2D eigenvalue weighted by Crippen LogP contribution is -2.46. The average Bonchev–Trinajstić information content (AvgIpc) is 3.01. The summed E-state index contributed by atoms with van der Waals surface area (Å²) in [5.41, 5.74) is 2.07. The Kier molecular flexibility index (Phi) is 7.29. The van der Waals surface area contributed by atoms with E-state index in [1.54, 1.807) is 6.20 Å². The number of halogens is 1. The molecule has 5 nitrogen and oxygen atoms in total. The molecule has 2 aliphatic heterocycles. The Morgan fingerprint density at radius 3 is 2.86 bits per heavy atom. The van der Waals surface area contributed by atoms with Crippen molar-refractivity contribution in [2.75, 3.05) is 19.7 Å². The van der Waals surface area contributed by atoms with E-state index in [0.29, 0.717) is 13.2 Å². The molecule has 0 bridgehead atoms. The Labute approximate surface area is 172 Å². The topological polar surface area (TPSA) is 54.5 Å². The SMILES string of the molecule is Cl.O=C(C1COc2ccccc2C1)N(Cc1ccccn1)C1CCCNCC1. The van der Waals surface area contributed by atoms with E-state index in [9.17, 15) is 4.79 Å². The van der Waals surface area contributed by atoms with E-state index in [-0.39, 0.29) is 30.3 Å². The lowest BCUT2D eigenvalue weighted by molar-refractivity contribution is -0.140. The zero-order valence-electron chi connectivity index (χ0n) is 16.0. The third kappa shape index (κ3) is 4.83. The van der Waals surface area contributed by atoms with Crippen molar-refractivity contribution in [1.82, 2.24) is 15.2 Å². The van der Waals surface area contributed by atoms with Gasteiger partial charge in [-0.05, 0) is 62.5 Å². The van der Waals surface area contributed by atoms with Gasteiger partial charge in [-0.1, -0.05) is 24.3 Å². The first-order valence-corrected chi connectivity index (χ1v) is 9.93. The smallest absolute Gasteiger partial charge is 0.230 e. The molecule has 6 heteroatoms. The number of fused-ring (bicyclic) bond motifs is 1. The first kappa shape index (κ1) is 20.6. The van der Waals surface area contributed by atoms with Gasteiger partial charge in [-0.25, -0.2) is 0 Å². The van der Waals surface area contributed by atoms with Crippen LogP contribution >= 0.6 is 12.4 Å².